The molecule has 1 aliphatic rings. The van der Waals surface area contributed by atoms with E-state index in [0.717, 1.165) is 29.7 Å². The molecule has 1 saturated heterocycles. The van der Waals surface area contributed by atoms with Crippen molar-refractivity contribution in [3.8, 4) is 0 Å². The SMILES string of the molecule is N=C(N)c1cccc(C[C@H](NSc2cccc(NC(=O)CCO)c2)C(=O)N2CCC(CCN)CC2)c1. The second-order valence-corrected chi connectivity index (χ2v) is 9.90. The Hall–Kier alpha value is -2.92. The normalized spacial score (nSPS) is 14.9. The number of rotatable bonds is 12. The molecule has 194 valence electrons. The van der Waals surface area contributed by atoms with Crippen LogP contribution in [0.1, 0.15) is 36.8 Å². The van der Waals surface area contributed by atoms with E-state index in [1.54, 1.807) is 12.1 Å². The number of nitrogens with two attached hydrogens (primary N) is 2. The molecule has 0 radical (unpaired) electrons. The number of piperidine rings is 1. The second kappa shape index (κ2) is 14.0. The number of likely N-dealkylation sites (tertiary alicyclic amines) is 1. The van der Waals surface area contributed by atoms with E-state index in [9.17, 15) is 9.59 Å². The molecular weight excluding hydrogens is 476 g/mol. The number of nitrogen functional groups attached to an aromatic ring is 1. The summed E-state index contributed by atoms with van der Waals surface area (Å²) in [7, 11) is 0. The van der Waals surface area contributed by atoms with E-state index in [0.29, 0.717) is 43.2 Å². The van der Waals surface area contributed by atoms with E-state index in [4.69, 9.17) is 22.0 Å². The number of nitrogens with one attached hydrogen (secondary N) is 3. The van der Waals surface area contributed by atoms with Crippen molar-refractivity contribution in [2.24, 2.45) is 17.4 Å². The summed E-state index contributed by atoms with van der Waals surface area (Å²) >= 11 is 1.33. The van der Waals surface area contributed by atoms with Crippen LogP contribution in [0, 0.1) is 11.3 Å². The largest absolute Gasteiger partial charge is 0.396 e. The number of amidine groups is 1. The maximum atomic E-state index is 13.6. The van der Waals surface area contributed by atoms with Gasteiger partial charge >= 0.3 is 0 Å². The summed E-state index contributed by atoms with van der Waals surface area (Å²) in [4.78, 5) is 28.2. The molecule has 0 aliphatic carbocycles. The Kier molecular flexibility index (Phi) is 10.7. The first kappa shape index (κ1) is 27.7. The maximum absolute atomic E-state index is 13.6. The van der Waals surface area contributed by atoms with Crippen LogP contribution in [0.2, 0.25) is 0 Å². The minimum absolute atomic E-state index is 0.0101. The third kappa shape index (κ3) is 8.34. The summed E-state index contributed by atoms with van der Waals surface area (Å²) in [5, 5.41) is 19.4. The zero-order valence-corrected chi connectivity index (χ0v) is 21.2. The molecule has 8 N–H and O–H groups in total. The zero-order valence-electron chi connectivity index (χ0n) is 20.4. The van der Waals surface area contributed by atoms with E-state index in [2.05, 4.69) is 10.0 Å². The maximum Gasteiger partial charge on any atom is 0.240 e. The number of nitrogens with zero attached hydrogens (tertiary/aromatic N) is 1. The van der Waals surface area contributed by atoms with Crippen molar-refractivity contribution in [3.63, 3.8) is 0 Å². The molecule has 10 heteroatoms. The Morgan fingerprint density at radius 1 is 1.17 bits per heavy atom. The summed E-state index contributed by atoms with van der Waals surface area (Å²) < 4.78 is 3.34. The van der Waals surface area contributed by atoms with Crippen LogP contribution >= 0.6 is 11.9 Å². The first-order chi connectivity index (χ1) is 17.4. The molecule has 2 aromatic carbocycles. The number of aliphatic hydroxyl groups is 1. The third-order valence-electron chi connectivity index (χ3n) is 6.25. The smallest absolute Gasteiger partial charge is 0.240 e. The van der Waals surface area contributed by atoms with Crippen LogP contribution in [0.15, 0.2) is 53.4 Å². The molecule has 0 spiro atoms. The first-order valence-electron chi connectivity index (χ1n) is 12.2. The Labute approximate surface area is 216 Å². The molecule has 0 unspecified atom stereocenters. The predicted octanol–water partition coefficient (Wildman–Crippen LogP) is 2.09. The van der Waals surface area contributed by atoms with Gasteiger partial charge in [-0.25, -0.2) is 4.72 Å². The minimum atomic E-state index is -0.490. The van der Waals surface area contributed by atoms with Crippen LogP contribution in [0.25, 0.3) is 0 Å². The van der Waals surface area contributed by atoms with Crippen LogP contribution in [-0.2, 0) is 16.0 Å². The average Bonchev–Trinajstić information content (AvgIpc) is 2.87. The number of benzene rings is 2. The van der Waals surface area contributed by atoms with Crippen molar-refractivity contribution in [1.29, 1.82) is 5.41 Å². The summed E-state index contributed by atoms with van der Waals surface area (Å²) in [5.41, 5.74) is 13.5. The molecule has 1 fully saturated rings. The number of carbonyl (C=O) groups excluding carboxylic acids is 2. The lowest BCUT2D eigenvalue weighted by molar-refractivity contribution is -0.134. The lowest BCUT2D eigenvalue weighted by Crippen LogP contribution is -2.48. The number of aliphatic hydroxyl groups excluding tert-OH is 1. The average molecular weight is 513 g/mol. The fourth-order valence-corrected chi connectivity index (χ4v) is 5.08. The van der Waals surface area contributed by atoms with Crippen molar-refractivity contribution in [2.75, 3.05) is 31.6 Å². The van der Waals surface area contributed by atoms with Crippen molar-refractivity contribution in [1.82, 2.24) is 9.62 Å². The fourth-order valence-electron chi connectivity index (χ4n) is 4.28. The molecule has 0 saturated carbocycles. The molecule has 1 heterocycles. The number of amides is 2. The van der Waals surface area contributed by atoms with Gasteiger partial charge in [0.05, 0.1) is 13.0 Å². The van der Waals surface area contributed by atoms with Crippen LogP contribution in [0.5, 0.6) is 0 Å². The quantitative estimate of drug-likeness (QED) is 0.144. The lowest BCUT2D eigenvalue weighted by atomic mass is 9.93. The van der Waals surface area contributed by atoms with Crippen molar-refractivity contribution in [2.45, 2.75) is 43.0 Å². The summed E-state index contributed by atoms with van der Waals surface area (Å²) in [5.74, 6) is 0.332. The molecular formula is C26H36N6O3S. The lowest BCUT2D eigenvalue weighted by Gasteiger charge is -2.34. The van der Waals surface area contributed by atoms with Gasteiger partial charge in [-0.05, 0) is 79.9 Å². The van der Waals surface area contributed by atoms with Gasteiger partial charge in [-0.15, -0.1) is 0 Å². The fraction of sp³-hybridized carbons (Fsp3) is 0.423. The van der Waals surface area contributed by atoms with Crippen molar-refractivity contribution < 1.29 is 14.7 Å². The Bertz CT molecular complexity index is 1040. The van der Waals surface area contributed by atoms with Crippen molar-refractivity contribution >= 4 is 35.3 Å². The number of hydrogen-bond donors (Lipinski definition) is 6. The van der Waals surface area contributed by atoms with Crippen LogP contribution < -0.4 is 21.5 Å². The highest BCUT2D eigenvalue weighted by atomic mass is 32.2. The molecule has 3 rings (SSSR count). The van der Waals surface area contributed by atoms with Gasteiger partial charge in [0.15, 0.2) is 0 Å². The topological polar surface area (TPSA) is 158 Å². The van der Waals surface area contributed by atoms with E-state index in [-0.39, 0.29) is 30.7 Å². The molecule has 0 aromatic heterocycles. The van der Waals surface area contributed by atoms with E-state index >= 15 is 0 Å². The zero-order chi connectivity index (χ0) is 25.9. The van der Waals surface area contributed by atoms with E-state index in [1.807, 2.05) is 41.3 Å². The van der Waals surface area contributed by atoms with Gasteiger partial charge in [-0.2, -0.15) is 0 Å². The minimum Gasteiger partial charge on any atom is -0.396 e. The van der Waals surface area contributed by atoms with Gasteiger partial charge in [0.1, 0.15) is 11.9 Å². The standard InChI is InChI=1S/C26H36N6O3S/c27-11-7-18-8-12-32(13-9-18)26(35)23(16-19-3-1-4-20(15-19)25(28)29)31-36-22-6-2-5-21(17-22)30-24(34)10-14-33/h1-6,15,17-18,23,31,33H,7-14,16,27H2,(H3,28,29)(H,30,34)/t23-/m0/s1. The van der Waals surface area contributed by atoms with Gasteiger partial charge in [0.2, 0.25) is 11.8 Å². The molecule has 1 aliphatic heterocycles. The number of hydrogen-bond acceptors (Lipinski definition) is 7. The molecule has 36 heavy (non-hydrogen) atoms. The van der Waals surface area contributed by atoms with E-state index in [1.165, 1.54) is 11.9 Å². The molecule has 1 atom stereocenters. The number of anilines is 1. The van der Waals surface area contributed by atoms with Gasteiger partial charge in [0, 0.05) is 29.2 Å². The third-order valence-corrected chi connectivity index (χ3v) is 7.14. The Morgan fingerprint density at radius 3 is 2.61 bits per heavy atom. The number of carbonyl (C=O) groups is 2. The Morgan fingerprint density at radius 2 is 1.92 bits per heavy atom. The van der Waals surface area contributed by atoms with Gasteiger partial charge in [-0.1, -0.05) is 24.3 Å². The van der Waals surface area contributed by atoms with Crippen LogP contribution in [0.3, 0.4) is 0 Å². The Balaban J connectivity index is 1.72. The molecule has 0 bridgehead atoms. The van der Waals surface area contributed by atoms with Gasteiger partial charge < -0.3 is 26.8 Å². The summed E-state index contributed by atoms with van der Waals surface area (Å²) in [6.45, 7) is 1.89. The summed E-state index contributed by atoms with van der Waals surface area (Å²) in [6.07, 6.45) is 3.38. The van der Waals surface area contributed by atoms with Gasteiger partial charge in [0.25, 0.3) is 0 Å². The molecule has 2 amide bonds. The second-order valence-electron chi connectivity index (χ2n) is 8.99. The highest BCUT2D eigenvalue weighted by Crippen LogP contribution is 2.24. The molecule has 2 aromatic rings. The predicted molar refractivity (Wildman–Crippen MR) is 144 cm³/mol. The van der Waals surface area contributed by atoms with Gasteiger partial charge in [-0.3, -0.25) is 15.0 Å². The first-order valence-corrected chi connectivity index (χ1v) is 13.1. The molecule has 9 nitrogen and oxygen atoms in total. The van der Waals surface area contributed by atoms with Crippen LogP contribution in [-0.4, -0.2) is 59.9 Å². The highest BCUT2D eigenvalue weighted by Gasteiger charge is 2.28. The highest BCUT2D eigenvalue weighted by molar-refractivity contribution is 7.97. The van der Waals surface area contributed by atoms with Crippen molar-refractivity contribution in [3.05, 3.63) is 59.7 Å². The summed E-state index contributed by atoms with van der Waals surface area (Å²) in [6, 6.07) is 14.2. The van der Waals surface area contributed by atoms with E-state index < -0.39 is 6.04 Å². The monoisotopic (exact) mass is 512 g/mol. The van der Waals surface area contributed by atoms with Crippen LogP contribution in [0.4, 0.5) is 5.69 Å².